The Kier molecular flexibility index (Phi) is 4.59. The van der Waals surface area contributed by atoms with E-state index < -0.39 is 5.97 Å². The van der Waals surface area contributed by atoms with Crippen LogP contribution < -0.4 is 0 Å². The number of allylic oxidation sites excluding steroid dienone is 1. The number of rotatable bonds is 4. The molecule has 0 aliphatic heterocycles. The molecule has 0 rings (SSSR count). The molecule has 0 fully saturated rings. The molecule has 0 amide bonds. The first-order valence-corrected chi connectivity index (χ1v) is 2.72. The molecule has 0 aliphatic rings. The zero-order valence-corrected chi connectivity index (χ0v) is 5.33. The van der Waals surface area contributed by atoms with Gasteiger partial charge in [0.25, 0.3) is 0 Å². The molecule has 52 valence electrons. The molecule has 9 heavy (non-hydrogen) atoms. The molecule has 0 spiro atoms. The normalized spacial score (nSPS) is 9.89. The van der Waals surface area contributed by atoms with Crippen LogP contribution in [0.25, 0.3) is 0 Å². The van der Waals surface area contributed by atoms with E-state index in [9.17, 15) is 4.79 Å². The van der Waals surface area contributed by atoms with Crippen molar-refractivity contribution in [2.45, 2.75) is 13.3 Å². The first-order valence-electron chi connectivity index (χ1n) is 2.72. The van der Waals surface area contributed by atoms with Crippen LogP contribution >= 0.6 is 0 Å². The van der Waals surface area contributed by atoms with Crippen molar-refractivity contribution in [1.29, 1.82) is 0 Å². The van der Waals surface area contributed by atoms with Gasteiger partial charge in [-0.3, -0.25) is 4.79 Å². The minimum Gasteiger partial charge on any atom is -0.501 e. The monoisotopic (exact) mass is 130 g/mol. The smallest absolute Gasteiger partial charge is 0.306 e. The number of ether oxygens (including phenoxy) is 1. The Labute approximate surface area is 53.9 Å². The van der Waals surface area contributed by atoms with Crippen LogP contribution in [0.4, 0.5) is 0 Å². The minimum atomic E-state index is -0.834. The zero-order valence-electron chi connectivity index (χ0n) is 5.33. The minimum absolute atomic E-state index is 0.0599. The molecular formula is C6H10O3. The van der Waals surface area contributed by atoms with E-state index in [-0.39, 0.29) is 13.0 Å². The SMILES string of the molecule is CC=COCCC(=O)O. The third-order valence-corrected chi connectivity index (χ3v) is 0.666. The summed E-state index contributed by atoms with van der Waals surface area (Å²) in [5.41, 5.74) is 0. The van der Waals surface area contributed by atoms with E-state index in [1.165, 1.54) is 6.26 Å². The Balaban J connectivity index is 3.01. The molecule has 0 saturated carbocycles. The number of hydrogen-bond acceptors (Lipinski definition) is 2. The third-order valence-electron chi connectivity index (χ3n) is 0.666. The summed E-state index contributed by atoms with van der Waals surface area (Å²) in [4.78, 5) is 9.86. The van der Waals surface area contributed by atoms with Gasteiger partial charge in [-0.05, 0) is 6.92 Å². The number of carbonyl (C=O) groups is 1. The fourth-order valence-electron chi connectivity index (χ4n) is 0.311. The molecule has 3 nitrogen and oxygen atoms in total. The molecule has 0 aromatic carbocycles. The molecule has 0 aromatic rings. The van der Waals surface area contributed by atoms with Crippen molar-refractivity contribution in [2.75, 3.05) is 6.61 Å². The molecule has 0 heterocycles. The highest BCUT2D eigenvalue weighted by atomic mass is 16.5. The Morgan fingerprint density at radius 3 is 2.89 bits per heavy atom. The van der Waals surface area contributed by atoms with Gasteiger partial charge in [-0.1, -0.05) is 6.08 Å². The van der Waals surface area contributed by atoms with Gasteiger partial charge in [-0.15, -0.1) is 0 Å². The number of hydrogen-bond donors (Lipinski definition) is 1. The molecule has 0 atom stereocenters. The third kappa shape index (κ3) is 7.01. The van der Waals surface area contributed by atoms with Gasteiger partial charge < -0.3 is 9.84 Å². The van der Waals surface area contributed by atoms with Crippen molar-refractivity contribution >= 4 is 5.97 Å². The van der Waals surface area contributed by atoms with E-state index in [0.717, 1.165) is 0 Å². The second-order valence-corrected chi connectivity index (χ2v) is 1.48. The van der Waals surface area contributed by atoms with E-state index in [2.05, 4.69) is 0 Å². The lowest BCUT2D eigenvalue weighted by Gasteiger charge is -1.93. The molecular weight excluding hydrogens is 120 g/mol. The highest BCUT2D eigenvalue weighted by Crippen LogP contribution is 1.82. The molecule has 0 radical (unpaired) electrons. The molecule has 3 heteroatoms. The first-order chi connectivity index (χ1) is 4.27. The summed E-state index contributed by atoms with van der Waals surface area (Å²) in [6.45, 7) is 2.06. The maximum Gasteiger partial charge on any atom is 0.306 e. The Bertz CT molecular complexity index is 107. The van der Waals surface area contributed by atoms with E-state index >= 15 is 0 Å². The van der Waals surface area contributed by atoms with Crippen LogP contribution in [0.1, 0.15) is 13.3 Å². The van der Waals surface area contributed by atoms with E-state index in [0.29, 0.717) is 0 Å². The molecule has 0 bridgehead atoms. The maximum absolute atomic E-state index is 9.86. The van der Waals surface area contributed by atoms with Crippen molar-refractivity contribution < 1.29 is 14.6 Å². The summed E-state index contributed by atoms with van der Waals surface area (Å²) in [6, 6.07) is 0. The van der Waals surface area contributed by atoms with Crippen molar-refractivity contribution in [3.05, 3.63) is 12.3 Å². The van der Waals surface area contributed by atoms with Crippen molar-refractivity contribution in [2.24, 2.45) is 0 Å². The lowest BCUT2D eigenvalue weighted by Crippen LogP contribution is -1.99. The molecule has 0 aromatic heterocycles. The van der Waals surface area contributed by atoms with Crippen LogP contribution in [-0.4, -0.2) is 17.7 Å². The van der Waals surface area contributed by atoms with Crippen LogP contribution in [0.5, 0.6) is 0 Å². The first kappa shape index (κ1) is 8.01. The average molecular weight is 130 g/mol. The predicted molar refractivity (Wildman–Crippen MR) is 33.0 cm³/mol. The highest BCUT2D eigenvalue weighted by molar-refractivity contribution is 5.66. The molecule has 0 saturated heterocycles. The van der Waals surface area contributed by atoms with Crippen molar-refractivity contribution in [3.8, 4) is 0 Å². The zero-order chi connectivity index (χ0) is 7.11. The largest absolute Gasteiger partial charge is 0.501 e. The fourth-order valence-corrected chi connectivity index (χ4v) is 0.311. The summed E-state index contributed by atoms with van der Waals surface area (Å²) >= 11 is 0. The Hall–Kier alpha value is -0.990. The van der Waals surface area contributed by atoms with Crippen LogP contribution in [0.15, 0.2) is 12.3 Å². The summed E-state index contributed by atoms with van der Waals surface area (Å²) in [5.74, 6) is -0.834. The van der Waals surface area contributed by atoms with Gasteiger partial charge in [0.1, 0.15) is 0 Å². The Morgan fingerprint density at radius 1 is 1.78 bits per heavy atom. The fraction of sp³-hybridized carbons (Fsp3) is 0.500. The van der Waals surface area contributed by atoms with Crippen LogP contribution in [0.3, 0.4) is 0 Å². The number of carboxylic acids is 1. The Morgan fingerprint density at radius 2 is 2.44 bits per heavy atom. The highest BCUT2D eigenvalue weighted by Gasteiger charge is 1.92. The van der Waals surface area contributed by atoms with E-state index in [1.54, 1.807) is 13.0 Å². The van der Waals surface area contributed by atoms with Gasteiger partial charge in [0.15, 0.2) is 0 Å². The molecule has 1 N–H and O–H groups in total. The molecule has 0 unspecified atom stereocenters. The van der Waals surface area contributed by atoms with Crippen LogP contribution in [0.2, 0.25) is 0 Å². The average Bonchev–Trinajstić information content (AvgIpc) is 1.80. The van der Waals surface area contributed by atoms with Gasteiger partial charge in [0, 0.05) is 0 Å². The van der Waals surface area contributed by atoms with Gasteiger partial charge in [-0.25, -0.2) is 0 Å². The second-order valence-electron chi connectivity index (χ2n) is 1.48. The van der Waals surface area contributed by atoms with Crippen LogP contribution in [0, 0.1) is 0 Å². The lowest BCUT2D eigenvalue weighted by atomic mass is 10.5. The number of aliphatic carboxylic acids is 1. The van der Waals surface area contributed by atoms with Gasteiger partial charge in [0.2, 0.25) is 0 Å². The summed E-state index contributed by atoms with van der Waals surface area (Å²) in [7, 11) is 0. The summed E-state index contributed by atoms with van der Waals surface area (Å²) in [5, 5.41) is 8.11. The summed E-state index contributed by atoms with van der Waals surface area (Å²) < 4.78 is 4.73. The number of carboxylic acid groups (broad SMARTS) is 1. The van der Waals surface area contributed by atoms with Crippen LogP contribution in [-0.2, 0) is 9.53 Å². The van der Waals surface area contributed by atoms with Gasteiger partial charge in [0.05, 0.1) is 19.3 Å². The predicted octanol–water partition coefficient (Wildman–Crippen LogP) is 1.01. The standard InChI is InChI=1S/C6H10O3/c1-2-4-9-5-3-6(7)8/h2,4H,3,5H2,1H3,(H,7,8). The topological polar surface area (TPSA) is 46.5 Å². The lowest BCUT2D eigenvalue weighted by molar-refractivity contribution is -0.137. The second kappa shape index (κ2) is 5.15. The maximum atomic E-state index is 9.86. The van der Waals surface area contributed by atoms with Crippen molar-refractivity contribution in [3.63, 3.8) is 0 Å². The summed E-state index contributed by atoms with van der Waals surface area (Å²) in [6.07, 6.45) is 3.25. The quantitative estimate of drug-likeness (QED) is 0.456. The van der Waals surface area contributed by atoms with E-state index in [4.69, 9.17) is 9.84 Å². The van der Waals surface area contributed by atoms with Gasteiger partial charge in [-0.2, -0.15) is 0 Å². The van der Waals surface area contributed by atoms with Crippen molar-refractivity contribution in [1.82, 2.24) is 0 Å². The van der Waals surface area contributed by atoms with E-state index in [1.807, 2.05) is 0 Å². The van der Waals surface area contributed by atoms with Gasteiger partial charge >= 0.3 is 5.97 Å². The molecule has 0 aliphatic carbocycles.